The zero-order valence-corrected chi connectivity index (χ0v) is 10.9. The van der Waals surface area contributed by atoms with Gasteiger partial charge < -0.3 is 10.2 Å². The van der Waals surface area contributed by atoms with Crippen LogP contribution in [0.5, 0.6) is 0 Å². The lowest BCUT2D eigenvalue weighted by Gasteiger charge is -2.09. The van der Waals surface area contributed by atoms with Gasteiger partial charge in [0.05, 0.1) is 0 Å². The van der Waals surface area contributed by atoms with Crippen molar-refractivity contribution in [1.82, 2.24) is 10.2 Å². The smallest absolute Gasteiger partial charge is 0.0406 e. The van der Waals surface area contributed by atoms with Gasteiger partial charge in [-0.1, -0.05) is 23.7 Å². The molecule has 1 N–H and O–H groups in total. The summed E-state index contributed by atoms with van der Waals surface area (Å²) in [5.41, 5.74) is 1.29. The van der Waals surface area contributed by atoms with Crippen LogP contribution in [0.25, 0.3) is 0 Å². The molecule has 1 rings (SSSR count). The molecule has 0 aromatic heterocycles. The van der Waals surface area contributed by atoms with E-state index in [2.05, 4.69) is 36.4 Å². The Morgan fingerprint density at radius 3 is 2.44 bits per heavy atom. The maximum absolute atomic E-state index is 5.82. The van der Waals surface area contributed by atoms with Crippen molar-refractivity contribution in [1.29, 1.82) is 0 Å². The van der Waals surface area contributed by atoms with Crippen LogP contribution in [-0.2, 0) is 6.54 Å². The highest BCUT2D eigenvalue weighted by Gasteiger charge is 1.94. The minimum Gasteiger partial charge on any atom is -0.313 e. The molecule has 0 unspecified atom stereocenters. The van der Waals surface area contributed by atoms with Gasteiger partial charge >= 0.3 is 0 Å². The largest absolute Gasteiger partial charge is 0.313 e. The Morgan fingerprint density at radius 2 is 1.81 bits per heavy atom. The first-order valence-electron chi connectivity index (χ1n) is 5.78. The fraction of sp³-hybridized carbons (Fsp3) is 0.538. The number of unbranched alkanes of at least 4 members (excludes halogenated alkanes) is 1. The third-order valence-electron chi connectivity index (χ3n) is 2.45. The van der Waals surface area contributed by atoms with Gasteiger partial charge in [-0.3, -0.25) is 0 Å². The van der Waals surface area contributed by atoms with Crippen molar-refractivity contribution in [2.24, 2.45) is 0 Å². The Balaban J connectivity index is 2.05. The van der Waals surface area contributed by atoms with Crippen molar-refractivity contribution in [3.8, 4) is 0 Å². The summed E-state index contributed by atoms with van der Waals surface area (Å²) in [6.45, 7) is 3.18. The van der Waals surface area contributed by atoms with Gasteiger partial charge in [0.1, 0.15) is 0 Å². The highest BCUT2D eigenvalue weighted by molar-refractivity contribution is 6.30. The molecule has 3 heteroatoms. The monoisotopic (exact) mass is 240 g/mol. The molecule has 90 valence electrons. The van der Waals surface area contributed by atoms with Gasteiger partial charge in [0.2, 0.25) is 0 Å². The molecular weight excluding hydrogens is 220 g/mol. The lowest BCUT2D eigenvalue weighted by atomic mass is 10.2. The molecule has 0 fully saturated rings. The molecule has 0 radical (unpaired) electrons. The molecule has 0 aliphatic carbocycles. The molecule has 1 aromatic rings. The summed E-state index contributed by atoms with van der Waals surface area (Å²) >= 11 is 5.82. The standard InChI is InChI=1S/C13H21ClN2/c1-16(2)10-4-3-9-15-11-12-5-7-13(14)8-6-12/h5-8,15H,3-4,9-11H2,1-2H3. The fourth-order valence-electron chi connectivity index (χ4n) is 1.51. The summed E-state index contributed by atoms with van der Waals surface area (Å²) in [5.74, 6) is 0. The van der Waals surface area contributed by atoms with Crippen LogP contribution >= 0.6 is 11.6 Å². The third-order valence-corrected chi connectivity index (χ3v) is 2.70. The van der Waals surface area contributed by atoms with Gasteiger partial charge in [-0.05, 0) is 57.7 Å². The summed E-state index contributed by atoms with van der Waals surface area (Å²) in [6.07, 6.45) is 2.48. The molecule has 0 spiro atoms. The Morgan fingerprint density at radius 1 is 1.12 bits per heavy atom. The van der Waals surface area contributed by atoms with Crippen LogP contribution in [0.3, 0.4) is 0 Å². The summed E-state index contributed by atoms with van der Waals surface area (Å²) in [4.78, 5) is 2.22. The van der Waals surface area contributed by atoms with Crippen molar-refractivity contribution in [3.05, 3.63) is 34.9 Å². The van der Waals surface area contributed by atoms with E-state index in [0.717, 1.165) is 18.1 Å². The number of hydrogen-bond acceptors (Lipinski definition) is 2. The van der Waals surface area contributed by atoms with Crippen molar-refractivity contribution < 1.29 is 0 Å². The van der Waals surface area contributed by atoms with Gasteiger partial charge in [-0.2, -0.15) is 0 Å². The van der Waals surface area contributed by atoms with Gasteiger partial charge in [0.25, 0.3) is 0 Å². The zero-order chi connectivity index (χ0) is 11.8. The Kier molecular flexibility index (Phi) is 6.46. The first kappa shape index (κ1) is 13.5. The molecule has 2 nitrogen and oxygen atoms in total. The Labute approximate surface area is 104 Å². The van der Waals surface area contributed by atoms with Crippen LogP contribution in [0.2, 0.25) is 5.02 Å². The Hall–Kier alpha value is -0.570. The second kappa shape index (κ2) is 7.66. The molecule has 0 atom stereocenters. The van der Waals surface area contributed by atoms with E-state index in [0.29, 0.717) is 0 Å². The molecule has 0 saturated carbocycles. The van der Waals surface area contributed by atoms with E-state index in [4.69, 9.17) is 11.6 Å². The molecule has 0 amide bonds. The molecule has 16 heavy (non-hydrogen) atoms. The summed E-state index contributed by atoms with van der Waals surface area (Å²) in [6, 6.07) is 8.00. The van der Waals surface area contributed by atoms with Crippen LogP contribution in [0, 0.1) is 0 Å². The number of nitrogens with one attached hydrogen (secondary N) is 1. The Bertz CT molecular complexity index is 282. The minimum atomic E-state index is 0.801. The highest BCUT2D eigenvalue weighted by atomic mass is 35.5. The van der Waals surface area contributed by atoms with Crippen LogP contribution in [0.15, 0.2) is 24.3 Å². The summed E-state index contributed by atoms with van der Waals surface area (Å²) in [7, 11) is 4.22. The summed E-state index contributed by atoms with van der Waals surface area (Å²) < 4.78 is 0. The highest BCUT2D eigenvalue weighted by Crippen LogP contribution is 2.08. The average Bonchev–Trinajstić information content (AvgIpc) is 2.25. The van der Waals surface area contributed by atoms with Crippen LogP contribution in [0.4, 0.5) is 0 Å². The SMILES string of the molecule is CN(C)CCCCNCc1ccc(Cl)cc1. The topological polar surface area (TPSA) is 15.3 Å². The lowest BCUT2D eigenvalue weighted by molar-refractivity contribution is 0.391. The molecule has 0 aliphatic heterocycles. The maximum Gasteiger partial charge on any atom is 0.0406 e. The molecule has 0 saturated heterocycles. The minimum absolute atomic E-state index is 0.801. The molecule has 0 bridgehead atoms. The molecule has 0 heterocycles. The number of benzene rings is 1. The average molecular weight is 241 g/mol. The van der Waals surface area contributed by atoms with Crippen LogP contribution in [0.1, 0.15) is 18.4 Å². The van der Waals surface area contributed by atoms with E-state index in [1.165, 1.54) is 24.9 Å². The lowest BCUT2D eigenvalue weighted by Crippen LogP contribution is -2.18. The predicted octanol–water partition coefficient (Wildman–Crippen LogP) is 2.77. The number of nitrogens with zero attached hydrogens (tertiary/aromatic N) is 1. The van der Waals surface area contributed by atoms with E-state index in [1.807, 2.05) is 12.1 Å². The third kappa shape index (κ3) is 6.11. The predicted molar refractivity (Wildman–Crippen MR) is 70.9 cm³/mol. The van der Waals surface area contributed by atoms with E-state index < -0.39 is 0 Å². The van der Waals surface area contributed by atoms with Gasteiger partial charge in [-0.15, -0.1) is 0 Å². The number of hydrogen-bond donors (Lipinski definition) is 1. The zero-order valence-electron chi connectivity index (χ0n) is 10.2. The fourth-order valence-corrected chi connectivity index (χ4v) is 1.64. The number of halogens is 1. The van der Waals surface area contributed by atoms with E-state index in [1.54, 1.807) is 0 Å². The van der Waals surface area contributed by atoms with Gasteiger partial charge in [0, 0.05) is 11.6 Å². The normalized spacial score (nSPS) is 11.0. The van der Waals surface area contributed by atoms with E-state index in [9.17, 15) is 0 Å². The van der Waals surface area contributed by atoms with Gasteiger partial charge in [-0.25, -0.2) is 0 Å². The van der Waals surface area contributed by atoms with Crippen molar-refractivity contribution >= 4 is 11.6 Å². The quantitative estimate of drug-likeness (QED) is 0.738. The van der Waals surface area contributed by atoms with Crippen LogP contribution < -0.4 is 5.32 Å². The molecular formula is C13H21ClN2. The van der Waals surface area contributed by atoms with E-state index in [-0.39, 0.29) is 0 Å². The van der Waals surface area contributed by atoms with Crippen molar-refractivity contribution in [2.45, 2.75) is 19.4 Å². The van der Waals surface area contributed by atoms with Crippen molar-refractivity contribution in [2.75, 3.05) is 27.2 Å². The van der Waals surface area contributed by atoms with E-state index >= 15 is 0 Å². The van der Waals surface area contributed by atoms with Gasteiger partial charge in [0.15, 0.2) is 0 Å². The number of rotatable bonds is 7. The van der Waals surface area contributed by atoms with Crippen molar-refractivity contribution in [3.63, 3.8) is 0 Å². The second-order valence-corrected chi connectivity index (χ2v) is 4.75. The molecule has 0 aliphatic rings. The second-order valence-electron chi connectivity index (χ2n) is 4.31. The first-order valence-corrected chi connectivity index (χ1v) is 6.16. The van der Waals surface area contributed by atoms with Crippen LogP contribution in [-0.4, -0.2) is 32.1 Å². The first-order chi connectivity index (χ1) is 7.68. The summed E-state index contributed by atoms with van der Waals surface area (Å²) in [5, 5.41) is 4.23. The maximum atomic E-state index is 5.82. The molecule has 1 aromatic carbocycles.